The summed E-state index contributed by atoms with van der Waals surface area (Å²) in [4.78, 5) is 0. The van der Waals surface area contributed by atoms with E-state index in [0.717, 1.165) is 25.7 Å². The molecule has 0 aromatic heterocycles. The Labute approximate surface area is 175 Å². The summed E-state index contributed by atoms with van der Waals surface area (Å²) in [5.74, 6) is 0.0501. The van der Waals surface area contributed by atoms with Gasteiger partial charge in [-0.05, 0) is 6.42 Å². The number of hydrogen-bond donors (Lipinski definition) is 7. The Hall–Kier alpha value is -0.0500. The monoisotopic (exact) mass is 442 g/mol. The molecule has 2 rings (SSSR count). The standard InChI is InChI=1S/C18H34O10S/c1-2-3-4-5-6-25-17-15(24)13(22)16(9(7-19)26-17)28-18-14(23)12(21)11(20)10(8-29)27-18/h9-24,29H,2-8H2,1H3/t9?,10?,11-,12-,13+,14?,15?,16-,17-,18-/m0/s1. The number of thiol groups is 1. The molecule has 10 atom stereocenters. The minimum Gasteiger partial charge on any atom is -0.394 e. The molecule has 172 valence electrons. The van der Waals surface area contributed by atoms with Crippen LogP contribution in [0.4, 0.5) is 0 Å². The van der Waals surface area contributed by atoms with Crippen LogP contribution in [0.15, 0.2) is 0 Å². The highest BCUT2D eigenvalue weighted by molar-refractivity contribution is 7.80. The summed E-state index contributed by atoms with van der Waals surface area (Å²) < 4.78 is 22.0. The van der Waals surface area contributed by atoms with E-state index < -0.39 is 68.0 Å². The molecule has 2 heterocycles. The van der Waals surface area contributed by atoms with Gasteiger partial charge in [0.05, 0.1) is 12.7 Å². The lowest BCUT2D eigenvalue weighted by atomic mass is 9.97. The van der Waals surface area contributed by atoms with Crippen molar-refractivity contribution >= 4 is 12.6 Å². The number of ether oxygens (including phenoxy) is 4. The summed E-state index contributed by atoms with van der Waals surface area (Å²) in [5, 5.41) is 60.5. The van der Waals surface area contributed by atoms with E-state index in [2.05, 4.69) is 19.6 Å². The topological polar surface area (TPSA) is 158 Å². The van der Waals surface area contributed by atoms with Crippen LogP contribution in [-0.2, 0) is 18.9 Å². The Morgan fingerprint density at radius 2 is 1.45 bits per heavy atom. The number of aliphatic hydroxyl groups excluding tert-OH is 6. The molecule has 29 heavy (non-hydrogen) atoms. The Morgan fingerprint density at radius 3 is 2.07 bits per heavy atom. The molecule has 6 N–H and O–H groups in total. The summed E-state index contributed by atoms with van der Waals surface area (Å²) in [5.41, 5.74) is 0. The molecule has 10 nitrogen and oxygen atoms in total. The highest BCUT2D eigenvalue weighted by Gasteiger charge is 2.50. The van der Waals surface area contributed by atoms with Crippen molar-refractivity contribution < 1.29 is 49.6 Å². The summed E-state index contributed by atoms with van der Waals surface area (Å²) in [6.45, 7) is 1.87. The zero-order chi connectivity index (χ0) is 21.6. The fourth-order valence-corrected chi connectivity index (χ4v) is 3.72. The van der Waals surface area contributed by atoms with Crippen LogP contribution in [0.25, 0.3) is 0 Å². The fourth-order valence-electron chi connectivity index (χ4n) is 3.42. The molecule has 2 saturated heterocycles. The minimum absolute atomic E-state index is 0.0501. The van der Waals surface area contributed by atoms with Gasteiger partial charge in [0, 0.05) is 12.4 Å². The van der Waals surface area contributed by atoms with Gasteiger partial charge in [-0.1, -0.05) is 26.2 Å². The van der Waals surface area contributed by atoms with Crippen LogP contribution in [0.1, 0.15) is 32.6 Å². The van der Waals surface area contributed by atoms with Gasteiger partial charge in [0.2, 0.25) is 0 Å². The molecule has 0 aliphatic carbocycles. The van der Waals surface area contributed by atoms with Crippen molar-refractivity contribution in [2.24, 2.45) is 0 Å². The van der Waals surface area contributed by atoms with Crippen LogP contribution < -0.4 is 0 Å². The average molecular weight is 443 g/mol. The fraction of sp³-hybridized carbons (Fsp3) is 1.00. The van der Waals surface area contributed by atoms with E-state index >= 15 is 0 Å². The second-order valence-corrected chi connectivity index (χ2v) is 7.80. The highest BCUT2D eigenvalue weighted by Crippen LogP contribution is 2.29. The molecule has 0 saturated carbocycles. The summed E-state index contributed by atoms with van der Waals surface area (Å²) >= 11 is 4.03. The number of hydrogen-bond acceptors (Lipinski definition) is 11. The van der Waals surface area contributed by atoms with E-state index in [4.69, 9.17) is 18.9 Å². The van der Waals surface area contributed by atoms with Gasteiger partial charge in [0.1, 0.15) is 42.7 Å². The molecule has 2 aliphatic rings. The number of aliphatic hydroxyl groups is 6. The van der Waals surface area contributed by atoms with E-state index in [-0.39, 0.29) is 5.75 Å². The van der Waals surface area contributed by atoms with Crippen LogP contribution in [0.5, 0.6) is 0 Å². The van der Waals surface area contributed by atoms with Crippen LogP contribution in [-0.4, -0.2) is 111 Å². The van der Waals surface area contributed by atoms with Crippen LogP contribution >= 0.6 is 12.6 Å². The van der Waals surface area contributed by atoms with Crippen molar-refractivity contribution in [3.8, 4) is 0 Å². The van der Waals surface area contributed by atoms with Gasteiger partial charge in [0.15, 0.2) is 12.6 Å². The van der Waals surface area contributed by atoms with Crippen LogP contribution in [0.3, 0.4) is 0 Å². The zero-order valence-electron chi connectivity index (χ0n) is 16.5. The number of unbranched alkanes of at least 4 members (excludes halogenated alkanes) is 3. The molecular weight excluding hydrogens is 408 g/mol. The molecule has 0 amide bonds. The predicted molar refractivity (Wildman–Crippen MR) is 103 cm³/mol. The molecule has 0 radical (unpaired) electrons. The quantitative estimate of drug-likeness (QED) is 0.151. The van der Waals surface area contributed by atoms with E-state index in [1.165, 1.54) is 0 Å². The third kappa shape index (κ3) is 6.23. The molecule has 0 bridgehead atoms. The average Bonchev–Trinajstić information content (AvgIpc) is 2.72. The van der Waals surface area contributed by atoms with Crippen molar-refractivity contribution in [2.75, 3.05) is 19.0 Å². The zero-order valence-corrected chi connectivity index (χ0v) is 17.4. The van der Waals surface area contributed by atoms with E-state index in [1.54, 1.807) is 0 Å². The van der Waals surface area contributed by atoms with Crippen molar-refractivity contribution in [1.29, 1.82) is 0 Å². The normalized spacial score (nSPS) is 43.4. The van der Waals surface area contributed by atoms with Gasteiger partial charge >= 0.3 is 0 Å². The van der Waals surface area contributed by atoms with Crippen LogP contribution in [0.2, 0.25) is 0 Å². The van der Waals surface area contributed by atoms with Crippen molar-refractivity contribution in [1.82, 2.24) is 0 Å². The maximum absolute atomic E-state index is 10.5. The van der Waals surface area contributed by atoms with Gasteiger partial charge in [-0.2, -0.15) is 12.6 Å². The van der Waals surface area contributed by atoms with E-state index in [1.807, 2.05) is 0 Å². The maximum Gasteiger partial charge on any atom is 0.187 e. The minimum atomic E-state index is -1.61. The Balaban J connectivity index is 1.98. The lowest BCUT2D eigenvalue weighted by molar-refractivity contribution is -0.356. The van der Waals surface area contributed by atoms with Crippen molar-refractivity contribution in [3.05, 3.63) is 0 Å². The SMILES string of the molecule is CCCCCCO[C@H]1OC(CO)[C@H](O[C@@H]2OC(CS)[C@H](O)[C@H](O)C2O)[C@H](O)C1O. The smallest absolute Gasteiger partial charge is 0.187 e. The Morgan fingerprint density at radius 1 is 0.793 bits per heavy atom. The van der Waals surface area contributed by atoms with Crippen LogP contribution in [0, 0.1) is 0 Å². The van der Waals surface area contributed by atoms with Gasteiger partial charge in [-0.3, -0.25) is 0 Å². The molecule has 2 aliphatic heterocycles. The second-order valence-electron chi connectivity index (χ2n) is 7.44. The first-order valence-electron chi connectivity index (χ1n) is 10.1. The molecular formula is C18H34O10S. The first kappa shape index (κ1) is 25.2. The van der Waals surface area contributed by atoms with Gasteiger partial charge < -0.3 is 49.6 Å². The largest absolute Gasteiger partial charge is 0.394 e. The van der Waals surface area contributed by atoms with E-state index in [0.29, 0.717) is 6.61 Å². The maximum atomic E-state index is 10.5. The Bertz CT molecular complexity index is 468. The third-order valence-electron chi connectivity index (χ3n) is 5.24. The number of rotatable bonds is 10. The first-order chi connectivity index (χ1) is 13.8. The summed E-state index contributed by atoms with van der Waals surface area (Å²) in [7, 11) is 0. The predicted octanol–water partition coefficient (Wildman–Crippen LogP) is -1.86. The summed E-state index contributed by atoms with van der Waals surface area (Å²) in [6.07, 6.45) is -9.43. The first-order valence-corrected chi connectivity index (χ1v) is 10.7. The molecule has 2 fully saturated rings. The molecule has 0 aromatic rings. The highest BCUT2D eigenvalue weighted by atomic mass is 32.1. The lowest BCUT2D eigenvalue weighted by Crippen LogP contribution is -2.64. The van der Waals surface area contributed by atoms with Crippen molar-refractivity contribution in [3.63, 3.8) is 0 Å². The second kappa shape index (κ2) is 12.1. The summed E-state index contributed by atoms with van der Waals surface area (Å²) in [6, 6.07) is 0. The molecule has 0 spiro atoms. The third-order valence-corrected chi connectivity index (χ3v) is 5.60. The van der Waals surface area contributed by atoms with Gasteiger partial charge in [-0.25, -0.2) is 0 Å². The van der Waals surface area contributed by atoms with E-state index in [9.17, 15) is 30.6 Å². The van der Waals surface area contributed by atoms with Gasteiger partial charge in [-0.15, -0.1) is 0 Å². The van der Waals surface area contributed by atoms with Gasteiger partial charge in [0.25, 0.3) is 0 Å². The molecule has 0 aromatic carbocycles. The molecule has 4 unspecified atom stereocenters. The Kier molecular flexibility index (Phi) is 10.5. The van der Waals surface area contributed by atoms with Crippen molar-refractivity contribution in [2.45, 2.75) is 94.0 Å². The molecule has 11 heteroatoms. The lowest BCUT2D eigenvalue weighted by Gasteiger charge is -2.46.